The van der Waals surface area contributed by atoms with E-state index in [1.54, 1.807) is 0 Å². The molecule has 32 heavy (non-hydrogen) atoms. The molecule has 0 bridgehead atoms. The van der Waals surface area contributed by atoms with Gasteiger partial charge in [-0.1, -0.05) is 60.1 Å². The Kier molecular flexibility index (Phi) is 6.07. The van der Waals surface area contributed by atoms with Gasteiger partial charge >= 0.3 is 0 Å². The minimum absolute atomic E-state index is 0.158. The first-order valence-electron chi connectivity index (χ1n) is 13.8. The van der Waals surface area contributed by atoms with Crippen molar-refractivity contribution in [3.8, 4) is 0 Å². The van der Waals surface area contributed by atoms with Crippen LogP contribution in [0.2, 0.25) is 0 Å². The summed E-state index contributed by atoms with van der Waals surface area (Å²) >= 11 is 0. The fraction of sp³-hybridized carbons (Fsp3) is 0.933. The van der Waals surface area contributed by atoms with Crippen LogP contribution in [-0.2, 0) is 0 Å². The van der Waals surface area contributed by atoms with Gasteiger partial charge in [-0.2, -0.15) is 0 Å². The van der Waals surface area contributed by atoms with Crippen molar-refractivity contribution in [2.75, 3.05) is 0 Å². The van der Waals surface area contributed by atoms with Crippen LogP contribution in [0.25, 0.3) is 0 Å². The van der Waals surface area contributed by atoms with E-state index in [0.717, 1.165) is 37.5 Å². The molecule has 4 aliphatic rings. The van der Waals surface area contributed by atoms with Gasteiger partial charge in [0.05, 0.1) is 11.2 Å². The van der Waals surface area contributed by atoms with Crippen molar-refractivity contribution in [3.05, 3.63) is 11.6 Å². The first-order chi connectivity index (χ1) is 14.7. The third kappa shape index (κ3) is 3.94. The van der Waals surface area contributed by atoms with Gasteiger partial charge in [-0.15, -0.1) is 0 Å². The van der Waals surface area contributed by atoms with Gasteiger partial charge in [-0.25, -0.2) is 0 Å². The number of aliphatic hydroxyl groups is 2. The van der Waals surface area contributed by atoms with Gasteiger partial charge in [0.2, 0.25) is 0 Å². The molecule has 0 aromatic heterocycles. The summed E-state index contributed by atoms with van der Waals surface area (Å²) in [4.78, 5) is 0. The highest BCUT2D eigenvalue weighted by Crippen LogP contribution is 2.69. The molecule has 0 radical (unpaired) electrons. The Labute approximate surface area is 198 Å². The highest BCUT2D eigenvalue weighted by molar-refractivity contribution is 5.32. The van der Waals surface area contributed by atoms with Gasteiger partial charge in [-0.05, 0) is 117 Å². The molecule has 0 aromatic carbocycles. The quantitative estimate of drug-likeness (QED) is 0.440. The number of hydrogen-bond acceptors (Lipinski definition) is 2. The first kappa shape index (κ1) is 24.8. The van der Waals surface area contributed by atoms with Gasteiger partial charge in [0.1, 0.15) is 0 Å². The summed E-state index contributed by atoms with van der Waals surface area (Å²) < 4.78 is 0. The molecule has 2 heteroatoms. The van der Waals surface area contributed by atoms with Gasteiger partial charge in [0.25, 0.3) is 0 Å². The van der Waals surface area contributed by atoms with Crippen molar-refractivity contribution in [3.63, 3.8) is 0 Å². The molecule has 4 aliphatic carbocycles. The van der Waals surface area contributed by atoms with E-state index in [1.165, 1.54) is 44.1 Å². The molecule has 2 nitrogen and oxygen atoms in total. The Morgan fingerprint density at radius 1 is 1.00 bits per heavy atom. The first-order valence-corrected chi connectivity index (χ1v) is 13.8. The van der Waals surface area contributed by atoms with Crippen LogP contribution >= 0.6 is 0 Å². The molecule has 2 N–H and O–H groups in total. The van der Waals surface area contributed by atoms with Crippen LogP contribution in [0.3, 0.4) is 0 Å². The van der Waals surface area contributed by atoms with E-state index in [1.807, 2.05) is 0 Å². The van der Waals surface area contributed by atoms with Crippen molar-refractivity contribution < 1.29 is 10.2 Å². The van der Waals surface area contributed by atoms with E-state index in [9.17, 15) is 10.2 Å². The molecular formula is C30H52O2. The number of fused-ring (bicyclic) bond motifs is 5. The molecule has 0 aromatic rings. The minimum atomic E-state index is -0.749. The highest BCUT2D eigenvalue weighted by Gasteiger charge is 2.64. The molecule has 0 spiro atoms. The number of rotatable bonds is 4. The summed E-state index contributed by atoms with van der Waals surface area (Å²) in [6.07, 6.45) is 13.6. The van der Waals surface area contributed by atoms with E-state index >= 15 is 0 Å². The van der Waals surface area contributed by atoms with Crippen molar-refractivity contribution in [2.45, 2.75) is 131 Å². The van der Waals surface area contributed by atoms with Crippen molar-refractivity contribution in [1.82, 2.24) is 0 Å². The second-order valence-corrected chi connectivity index (χ2v) is 14.6. The Morgan fingerprint density at radius 3 is 2.31 bits per heavy atom. The molecule has 9 atom stereocenters. The largest absolute Gasteiger partial charge is 0.390 e. The molecule has 3 saturated carbocycles. The molecule has 0 unspecified atom stereocenters. The van der Waals surface area contributed by atoms with E-state index in [-0.39, 0.29) is 5.41 Å². The molecule has 0 aliphatic heterocycles. The standard InChI is InChI=1S/C30H52O2/c1-9-30(32)17-16-27(6)21(19-30)18-29(8,31)25-23-11-10-22(20(2)12-14-26(3,4)5)28(23,7)15-13-24(25)27/h18,20,22-25,31-32H,9-17,19H2,1-8H3/t20-,22-,23+,24+,25+,27+,28-,29-,30+/m1/s1. The monoisotopic (exact) mass is 444 g/mol. The maximum absolute atomic E-state index is 11.9. The zero-order valence-corrected chi connectivity index (χ0v) is 22.4. The fourth-order valence-corrected chi connectivity index (χ4v) is 9.19. The lowest BCUT2D eigenvalue weighted by atomic mass is 9.43. The smallest absolute Gasteiger partial charge is 0.0836 e. The van der Waals surface area contributed by atoms with E-state index in [2.05, 4.69) is 61.5 Å². The summed E-state index contributed by atoms with van der Waals surface area (Å²) in [6, 6.07) is 0. The fourth-order valence-electron chi connectivity index (χ4n) is 9.19. The molecule has 184 valence electrons. The van der Waals surface area contributed by atoms with Gasteiger partial charge < -0.3 is 10.2 Å². The van der Waals surface area contributed by atoms with Gasteiger partial charge in [0.15, 0.2) is 0 Å². The highest BCUT2D eigenvalue weighted by atomic mass is 16.3. The SMILES string of the molecule is CC[C@]1(O)CC[C@@]2(C)C(=C[C@@](C)(O)[C@H]3[C@@H]4CC[C@H]([C@H](C)CCC(C)(C)C)[C@@]4(C)CC[C@@H]32)C1. The lowest BCUT2D eigenvalue weighted by Crippen LogP contribution is -2.59. The summed E-state index contributed by atoms with van der Waals surface area (Å²) in [5.74, 6) is 3.11. The van der Waals surface area contributed by atoms with Crippen LogP contribution in [0, 0.1) is 45.8 Å². The van der Waals surface area contributed by atoms with Crippen LogP contribution in [0.1, 0.15) is 120 Å². The average molecular weight is 445 g/mol. The molecule has 4 rings (SSSR count). The topological polar surface area (TPSA) is 40.5 Å². The summed E-state index contributed by atoms with van der Waals surface area (Å²) in [5.41, 5.74) is 0.972. The zero-order valence-electron chi connectivity index (χ0n) is 22.4. The second kappa shape index (κ2) is 7.84. The predicted octanol–water partition coefficient (Wildman–Crippen LogP) is 7.53. The van der Waals surface area contributed by atoms with E-state index < -0.39 is 11.2 Å². The summed E-state index contributed by atoms with van der Waals surface area (Å²) in [7, 11) is 0. The minimum Gasteiger partial charge on any atom is -0.390 e. The average Bonchev–Trinajstić information content (AvgIpc) is 3.04. The van der Waals surface area contributed by atoms with E-state index in [4.69, 9.17) is 0 Å². The normalized spacial score (nSPS) is 49.6. The van der Waals surface area contributed by atoms with Crippen LogP contribution in [0.5, 0.6) is 0 Å². The van der Waals surface area contributed by atoms with Crippen molar-refractivity contribution >= 4 is 0 Å². The second-order valence-electron chi connectivity index (χ2n) is 14.6. The van der Waals surface area contributed by atoms with Crippen LogP contribution in [0.4, 0.5) is 0 Å². The predicted molar refractivity (Wildman–Crippen MR) is 134 cm³/mol. The van der Waals surface area contributed by atoms with Crippen LogP contribution < -0.4 is 0 Å². The molecule has 0 amide bonds. The summed E-state index contributed by atoms with van der Waals surface area (Å²) in [6.45, 7) is 18.9. The Morgan fingerprint density at radius 2 is 1.69 bits per heavy atom. The van der Waals surface area contributed by atoms with Gasteiger partial charge in [-0.3, -0.25) is 0 Å². The lowest BCUT2D eigenvalue weighted by Gasteiger charge is -2.62. The molecular weight excluding hydrogens is 392 g/mol. The zero-order chi connectivity index (χ0) is 23.7. The summed E-state index contributed by atoms with van der Waals surface area (Å²) in [5, 5.41) is 23.0. The van der Waals surface area contributed by atoms with Crippen molar-refractivity contribution in [1.29, 1.82) is 0 Å². The molecule has 0 saturated heterocycles. The molecule has 0 heterocycles. The van der Waals surface area contributed by atoms with Crippen LogP contribution in [-0.4, -0.2) is 21.4 Å². The maximum atomic E-state index is 11.9. The van der Waals surface area contributed by atoms with Gasteiger partial charge in [0, 0.05) is 0 Å². The third-order valence-corrected chi connectivity index (χ3v) is 11.4. The van der Waals surface area contributed by atoms with Crippen LogP contribution in [0.15, 0.2) is 11.6 Å². The Balaban J connectivity index is 1.62. The Hall–Kier alpha value is -0.340. The van der Waals surface area contributed by atoms with Crippen molar-refractivity contribution in [2.24, 2.45) is 45.8 Å². The maximum Gasteiger partial charge on any atom is 0.0836 e. The third-order valence-electron chi connectivity index (χ3n) is 11.4. The number of hydrogen-bond donors (Lipinski definition) is 2. The van der Waals surface area contributed by atoms with E-state index in [0.29, 0.717) is 28.6 Å². The molecule has 3 fully saturated rings. The lowest BCUT2D eigenvalue weighted by molar-refractivity contribution is -0.140. The Bertz CT molecular complexity index is 744.